The number of fused-ring (bicyclic) bond motifs is 1. The highest BCUT2D eigenvalue weighted by Gasteiger charge is 2.26. The number of carbonyl (C=O) groups is 1. The van der Waals surface area contributed by atoms with Gasteiger partial charge in [0.2, 0.25) is 0 Å². The predicted molar refractivity (Wildman–Crippen MR) is 119 cm³/mol. The summed E-state index contributed by atoms with van der Waals surface area (Å²) < 4.78 is 5.97. The van der Waals surface area contributed by atoms with Gasteiger partial charge in [-0.05, 0) is 65.1 Å². The van der Waals surface area contributed by atoms with E-state index in [2.05, 4.69) is 68.2 Å². The summed E-state index contributed by atoms with van der Waals surface area (Å²) in [7, 11) is 4.33. The lowest BCUT2D eigenvalue weighted by Gasteiger charge is -2.39. The highest BCUT2D eigenvalue weighted by Crippen LogP contribution is 2.31. The topological polar surface area (TPSA) is 52.0 Å². The number of nitrogens with zero attached hydrogens (tertiary/aromatic N) is 3. The summed E-state index contributed by atoms with van der Waals surface area (Å²) in [5, 5.41) is 3.09. The van der Waals surface area contributed by atoms with Crippen molar-refractivity contribution in [2.24, 2.45) is 0 Å². The Morgan fingerprint density at radius 3 is 2.66 bits per heavy atom. The highest BCUT2D eigenvalue weighted by atomic mass is 79.9. The summed E-state index contributed by atoms with van der Waals surface area (Å²) in [4.78, 5) is 19.7. The van der Waals surface area contributed by atoms with Crippen LogP contribution in [0.15, 0.2) is 39.4 Å². The molecule has 3 heterocycles. The van der Waals surface area contributed by atoms with E-state index in [1.54, 1.807) is 12.1 Å². The lowest BCUT2D eigenvalue weighted by Crippen LogP contribution is -2.48. The fourth-order valence-corrected chi connectivity index (χ4v) is 4.62. The maximum atomic E-state index is 12.5. The molecule has 1 amide bonds. The van der Waals surface area contributed by atoms with E-state index < -0.39 is 0 Å². The number of nitrogens with one attached hydrogen (secondary N) is 1. The highest BCUT2D eigenvalue weighted by molar-refractivity contribution is 9.10. The van der Waals surface area contributed by atoms with E-state index in [1.165, 1.54) is 23.2 Å². The van der Waals surface area contributed by atoms with E-state index in [1.807, 2.05) is 0 Å². The van der Waals surface area contributed by atoms with Crippen molar-refractivity contribution < 1.29 is 9.21 Å². The molecule has 1 N–H and O–H groups in total. The molecule has 1 saturated heterocycles. The van der Waals surface area contributed by atoms with Crippen molar-refractivity contribution in [1.29, 1.82) is 0 Å². The third-order valence-corrected chi connectivity index (χ3v) is 6.50. The zero-order chi connectivity index (χ0) is 20.4. The molecule has 0 spiro atoms. The molecule has 0 bridgehead atoms. The van der Waals surface area contributed by atoms with E-state index in [9.17, 15) is 4.79 Å². The number of anilines is 1. The van der Waals surface area contributed by atoms with Crippen molar-refractivity contribution in [2.75, 3.05) is 58.3 Å². The van der Waals surface area contributed by atoms with Crippen LogP contribution in [-0.4, -0.2) is 69.1 Å². The predicted octanol–water partition coefficient (Wildman–Crippen LogP) is 3.14. The van der Waals surface area contributed by atoms with Gasteiger partial charge in [-0.15, -0.1) is 0 Å². The second-order valence-corrected chi connectivity index (χ2v) is 8.86. The first-order valence-electron chi connectivity index (χ1n) is 10.3. The summed E-state index contributed by atoms with van der Waals surface area (Å²) in [6.07, 6.45) is 2.31. The minimum absolute atomic E-state index is 0.156. The number of likely N-dealkylation sites (N-methyl/N-ethyl adjacent to an activating group) is 1. The molecular formula is C22H29BrN4O2. The Balaban J connectivity index is 1.54. The van der Waals surface area contributed by atoms with Crippen LogP contribution in [0.25, 0.3) is 0 Å². The number of hydrogen-bond donors (Lipinski definition) is 1. The van der Waals surface area contributed by atoms with Crippen LogP contribution < -0.4 is 10.2 Å². The third kappa shape index (κ3) is 4.68. The number of aryl methyl sites for hydroxylation is 1. The lowest BCUT2D eigenvalue weighted by molar-refractivity contribution is 0.0862. The van der Waals surface area contributed by atoms with Gasteiger partial charge in [0.1, 0.15) is 0 Å². The molecule has 0 aliphatic carbocycles. The fourth-order valence-electron chi connectivity index (χ4n) is 4.32. The molecule has 1 aromatic heterocycles. The summed E-state index contributed by atoms with van der Waals surface area (Å²) in [6, 6.07) is 10.4. The summed E-state index contributed by atoms with van der Waals surface area (Å²) in [5.41, 5.74) is 4.03. The first kappa shape index (κ1) is 20.4. The lowest BCUT2D eigenvalue weighted by atomic mass is 9.95. The Kier molecular flexibility index (Phi) is 6.27. The summed E-state index contributed by atoms with van der Waals surface area (Å²) in [5.74, 6) is 0.161. The van der Waals surface area contributed by atoms with Gasteiger partial charge in [0.05, 0.1) is 6.04 Å². The van der Waals surface area contributed by atoms with Crippen LogP contribution in [0.1, 0.15) is 34.1 Å². The molecule has 0 saturated carbocycles. The van der Waals surface area contributed by atoms with Crippen LogP contribution in [0.4, 0.5) is 5.69 Å². The van der Waals surface area contributed by atoms with Gasteiger partial charge >= 0.3 is 0 Å². The number of furan rings is 1. The van der Waals surface area contributed by atoms with Gasteiger partial charge in [-0.2, -0.15) is 0 Å². The summed E-state index contributed by atoms with van der Waals surface area (Å²) in [6.45, 7) is 5.77. The van der Waals surface area contributed by atoms with E-state index in [0.29, 0.717) is 17.0 Å². The minimum Gasteiger partial charge on any atom is -0.444 e. The number of halogens is 1. The van der Waals surface area contributed by atoms with Gasteiger partial charge in [-0.1, -0.05) is 12.1 Å². The zero-order valence-corrected chi connectivity index (χ0v) is 18.7. The molecule has 0 radical (unpaired) electrons. The molecule has 1 unspecified atom stereocenters. The quantitative estimate of drug-likeness (QED) is 0.742. The molecule has 6 nitrogen and oxygen atoms in total. The Morgan fingerprint density at radius 2 is 1.93 bits per heavy atom. The Hall–Kier alpha value is -1.83. The van der Waals surface area contributed by atoms with Crippen molar-refractivity contribution >= 4 is 27.5 Å². The van der Waals surface area contributed by atoms with Crippen LogP contribution in [-0.2, 0) is 6.42 Å². The van der Waals surface area contributed by atoms with Gasteiger partial charge in [-0.3, -0.25) is 9.69 Å². The molecular weight excluding hydrogens is 432 g/mol. The van der Waals surface area contributed by atoms with Gasteiger partial charge in [-0.25, -0.2) is 0 Å². The molecule has 156 valence electrons. The third-order valence-electron chi connectivity index (χ3n) is 6.07. The van der Waals surface area contributed by atoms with Crippen LogP contribution in [0, 0.1) is 0 Å². The van der Waals surface area contributed by atoms with Gasteiger partial charge in [0.15, 0.2) is 10.4 Å². The monoisotopic (exact) mass is 460 g/mol. The zero-order valence-electron chi connectivity index (χ0n) is 17.2. The average molecular weight is 461 g/mol. The molecule has 7 heteroatoms. The molecule has 4 rings (SSSR count). The van der Waals surface area contributed by atoms with E-state index in [-0.39, 0.29) is 11.9 Å². The molecule has 2 aliphatic rings. The number of hydrogen-bond acceptors (Lipinski definition) is 5. The molecule has 2 aliphatic heterocycles. The molecule has 2 aromatic rings. The molecule has 1 fully saturated rings. The van der Waals surface area contributed by atoms with Gasteiger partial charge in [0, 0.05) is 52.0 Å². The number of carbonyl (C=O) groups excluding carboxylic acids is 1. The van der Waals surface area contributed by atoms with Crippen LogP contribution in [0.5, 0.6) is 0 Å². The average Bonchev–Trinajstić information content (AvgIpc) is 3.16. The smallest absolute Gasteiger partial charge is 0.287 e. The number of amides is 1. The fraction of sp³-hybridized carbons (Fsp3) is 0.500. The minimum atomic E-state index is -0.174. The second-order valence-electron chi connectivity index (χ2n) is 8.08. The normalized spacial score (nSPS) is 19.1. The SMILES string of the molecule is CN1CCN(C(CNC(=O)c2ccc(Br)o2)c2ccc3c(c2)CCCN3C)CC1. The number of rotatable bonds is 5. The number of benzene rings is 1. The Morgan fingerprint density at radius 1 is 1.14 bits per heavy atom. The van der Waals surface area contributed by atoms with Crippen molar-refractivity contribution in [2.45, 2.75) is 18.9 Å². The van der Waals surface area contributed by atoms with Gasteiger partial charge < -0.3 is 19.5 Å². The van der Waals surface area contributed by atoms with Crippen LogP contribution in [0.2, 0.25) is 0 Å². The first-order chi connectivity index (χ1) is 14.0. The van der Waals surface area contributed by atoms with Crippen LogP contribution >= 0.6 is 15.9 Å². The van der Waals surface area contributed by atoms with Crippen molar-refractivity contribution in [1.82, 2.24) is 15.1 Å². The largest absolute Gasteiger partial charge is 0.444 e. The van der Waals surface area contributed by atoms with Crippen molar-refractivity contribution in [3.8, 4) is 0 Å². The maximum absolute atomic E-state index is 12.5. The second kappa shape index (κ2) is 8.90. The molecule has 1 atom stereocenters. The summed E-state index contributed by atoms with van der Waals surface area (Å²) >= 11 is 3.26. The van der Waals surface area contributed by atoms with Crippen LogP contribution in [0.3, 0.4) is 0 Å². The van der Waals surface area contributed by atoms with Crippen molar-refractivity contribution in [3.05, 3.63) is 51.9 Å². The standard InChI is InChI=1S/C22H29BrN4O2/c1-25-10-12-27(13-11-25)19(15-24-22(28)20-7-8-21(23)29-20)17-5-6-18-16(14-17)4-3-9-26(18)2/h5-8,14,19H,3-4,9-13,15H2,1-2H3,(H,24,28). The Bertz CT molecular complexity index is 860. The maximum Gasteiger partial charge on any atom is 0.287 e. The van der Waals surface area contributed by atoms with E-state index >= 15 is 0 Å². The Labute approximate surface area is 181 Å². The first-order valence-corrected chi connectivity index (χ1v) is 11.1. The van der Waals surface area contributed by atoms with Gasteiger partial charge in [0.25, 0.3) is 5.91 Å². The molecule has 1 aromatic carbocycles. The van der Waals surface area contributed by atoms with Crippen molar-refractivity contribution in [3.63, 3.8) is 0 Å². The van der Waals surface area contributed by atoms with E-state index in [4.69, 9.17) is 4.42 Å². The molecule has 29 heavy (non-hydrogen) atoms. The van der Waals surface area contributed by atoms with E-state index in [0.717, 1.165) is 39.1 Å². The number of piperazine rings is 1.